The van der Waals surface area contributed by atoms with Crippen molar-refractivity contribution in [2.75, 3.05) is 13.2 Å². The van der Waals surface area contributed by atoms with E-state index in [0.717, 1.165) is 31.9 Å². The van der Waals surface area contributed by atoms with Gasteiger partial charge in [0.1, 0.15) is 11.5 Å². The van der Waals surface area contributed by atoms with Crippen molar-refractivity contribution in [3.8, 4) is 22.7 Å². The van der Waals surface area contributed by atoms with Gasteiger partial charge in [0.05, 0.1) is 32.0 Å². The number of fused-ring (bicyclic) bond motifs is 1. The highest BCUT2D eigenvalue weighted by Gasteiger charge is 2.30. The molecule has 4 heterocycles. The SMILES string of the molecule is Fc1cc(-c2nnc(C(F)F)o2)ccc1Cn1cc(-c2ccc3c(c2)CN(C2COC2)C3)nn1. The second-order valence-electron chi connectivity index (χ2n) is 8.43. The standard InChI is InChI=1S/C23H19F3N6O2/c24-19-6-14(22-28-29-23(34-22)21(25)26)2-4-16(19)9-32-10-20(27-30-32)13-1-3-15-7-31(8-17(15)5-13)18-11-33-12-18/h1-6,10,18,21H,7-9,11-12H2. The average Bonchev–Trinajstić information content (AvgIpc) is 3.53. The molecule has 2 aromatic heterocycles. The Bertz CT molecular complexity index is 1350. The van der Waals surface area contributed by atoms with Crippen LogP contribution in [0.15, 0.2) is 47.0 Å². The quantitative estimate of drug-likeness (QED) is 0.425. The molecule has 0 saturated carbocycles. The van der Waals surface area contributed by atoms with Gasteiger partial charge in [-0.25, -0.2) is 9.07 Å². The van der Waals surface area contributed by atoms with Crippen molar-refractivity contribution < 1.29 is 22.3 Å². The molecule has 34 heavy (non-hydrogen) atoms. The van der Waals surface area contributed by atoms with E-state index in [0.29, 0.717) is 17.3 Å². The molecular weight excluding hydrogens is 449 g/mol. The molecule has 0 spiro atoms. The average molecular weight is 468 g/mol. The number of alkyl halides is 2. The van der Waals surface area contributed by atoms with E-state index in [-0.39, 0.29) is 18.0 Å². The molecule has 0 atom stereocenters. The molecule has 6 rings (SSSR count). The van der Waals surface area contributed by atoms with E-state index in [1.54, 1.807) is 16.9 Å². The summed E-state index contributed by atoms with van der Waals surface area (Å²) < 4.78 is 51.7. The Morgan fingerprint density at radius 1 is 0.971 bits per heavy atom. The molecule has 2 aromatic carbocycles. The van der Waals surface area contributed by atoms with E-state index in [2.05, 4.69) is 37.5 Å². The normalized spacial score (nSPS) is 16.2. The van der Waals surface area contributed by atoms with Crippen LogP contribution in [-0.2, 0) is 24.4 Å². The smallest absolute Gasteiger partial charge is 0.314 e. The summed E-state index contributed by atoms with van der Waals surface area (Å²) in [5.74, 6) is -1.50. The second kappa shape index (κ2) is 8.33. The van der Waals surface area contributed by atoms with Gasteiger partial charge < -0.3 is 9.15 Å². The maximum absolute atomic E-state index is 14.7. The molecule has 0 aliphatic carbocycles. The lowest BCUT2D eigenvalue weighted by atomic mass is 10.0. The van der Waals surface area contributed by atoms with Gasteiger partial charge in [0.25, 0.3) is 5.89 Å². The first-order valence-corrected chi connectivity index (χ1v) is 10.8. The summed E-state index contributed by atoms with van der Waals surface area (Å²) in [6.07, 6.45) is -1.11. The van der Waals surface area contributed by atoms with Crippen molar-refractivity contribution in [3.63, 3.8) is 0 Å². The van der Waals surface area contributed by atoms with Gasteiger partial charge in [-0.1, -0.05) is 23.4 Å². The minimum Gasteiger partial charge on any atom is -0.415 e. The predicted octanol–water partition coefficient (Wildman–Crippen LogP) is 3.83. The van der Waals surface area contributed by atoms with Crippen LogP contribution in [0.1, 0.15) is 29.0 Å². The van der Waals surface area contributed by atoms with Gasteiger partial charge in [-0.2, -0.15) is 8.78 Å². The number of ether oxygens (including phenoxy) is 1. The third-order valence-electron chi connectivity index (χ3n) is 6.18. The summed E-state index contributed by atoms with van der Waals surface area (Å²) in [7, 11) is 0. The van der Waals surface area contributed by atoms with Crippen LogP contribution in [0, 0.1) is 5.82 Å². The molecule has 2 aliphatic heterocycles. The largest absolute Gasteiger partial charge is 0.415 e. The maximum atomic E-state index is 14.7. The molecule has 1 fully saturated rings. The van der Waals surface area contributed by atoms with Crippen molar-refractivity contribution in [3.05, 3.63) is 71.0 Å². The summed E-state index contributed by atoms with van der Waals surface area (Å²) in [4.78, 5) is 2.42. The van der Waals surface area contributed by atoms with E-state index >= 15 is 0 Å². The van der Waals surface area contributed by atoms with E-state index in [1.165, 1.54) is 23.3 Å². The first kappa shape index (κ1) is 21.0. The summed E-state index contributed by atoms with van der Waals surface area (Å²) in [5.41, 5.74) is 4.83. The first-order chi connectivity index (χ1) is 16.5. The van der Waals surface area contributed by atoms with E-state index in [9.17, 15) is 13.2 Å². The third kappa shape index (κ3) is 3.86. The predicted molar refractivity (Wildman–Crippen MR) is 113 cm³/mol. The molecule has 174 valence electrons. The Hall–Kier alpha value is -3.57. The number of hydrogen-bond acceptors (Lipinski definition) is 7. The number of aromatic nitrogens is 5. The number of halogens is 3. The Balaban J connectivity index is 1.17. The third-order valence-corrected chi connectivity index (χ3v) is 6.18. The van der Waals surface area contributed by atoms with Gasteiger partial charge in [0.2, 0.25) is 5.89 Å². The molecule has 8 nitrogen and oxygen atoms in total. The molecule has 1 saturated heterocycles. The van der Waals surface area contributed by atoms with Crippen molar-refractivity contribution >= 4 is 0 Å². The summed E-state index contributed by atoms with van der Waals surface area (Å²) in [6.45, 7) is 3.56. The van der Waals surface area contributed by atoms with Crippen LogP contribution in [0.3, 0.4) is 0 Å². The zero-order valence-electron chi connectivity index (χ0n) is 17.9. The molecule has 11 heteroatoms. The molecule has 2 aliphatic rings. The fourth-order valence-electron chi connectivity index (χ4n) is 4.20. The molecule has 0 bridgehead atoms. The van der Waals surface area contributed by atoms with Crippen molar-refractivity contribution in [2.45, 2.75) is 32.1 Å². The summed E-state index contributed by atoms with van der Waals surface area (Å²) in [6, 6.07) is 11.0. The Morgan fingerprint density at radius 2 is 1.79 bits per heavy atom. The Labute approximate surface area is 192 Å². The van der Waals surface area contributed by atoms with Crippen LogP contribution in [0.5, 0.6) is 0 Å². The van der Waals surface area contributed by atoms with Crippen LogP contribution in [-0.4, -0.2) is 49.3 Å². The number of hydrogen-bond donors (Lipinski definition) is 0. The summed E-state index contributed by atoms with van der Waals surface area (Å²) >= 11 is 0. The van der Waals surface area contributed by atoms with E-state index in [4.69, 9.17) is 9.15 Å². The first-order valence-electron chi connectivity index (χ1n) is 10.8. The molecule has 0 unspecified atom stereocenters. The molecule has 0 amide bonds. The minimum atomic E-state index is -2.88. The highest BCUT2D eigenvalue weighted by molar-refractivity contribution is 5.60. The van der Waals surface area contributed by atoms with Gasteiger partial charge >= 0.3 is 6.43 Å². The van der Waals surface area contributed by atoms with Crippen molar-refractivity contribution in [1.82, 2.24) is 30.1 Å². The zero-order valence-corrected chi connectivity index (χ0v) is 17.9. The van der Waals surface area contributed by atoms with Gasteiger partial charge in [0, 0.05) is 29.8 Å². The lowest BCUT2D eigenvalue weighted by Crippen LogP contribution is -2.46. The van der Waals surface area contributed by atoms with Crippen LogP contribution in [0.4, 0.5) is 13.2 Å². The van der Waals surface area contributed by atoms with Crippen molar-refractivity contribution in [2.24, 2.45) is 0 Å². The lowest BCUT2D eigenvalue weighted by molar-refractivity contribution is -0.0669. The van der Waals surface area contributed by atoms with E-state index in [1.807, 2.05) is 6.07 Å². The lowest BCUT2D eigenvalue weighted by Gasteiger charge is -2.34. The van der Waals surface area contributed by atoms with Crippen LogP contribution < -0.4 is 0 Å². The molecule has 0 N–H and O–H groups in total. The Kier molecular flexibility index (Phi) is 5.15. The minimum absolute atomic E-state index is 0.158. The van der Waals surface area contributed by atoms with Gasteiger partial charge in [-0.3, -0.25) is 4.90 Å². The number of nitrogens with zero attached hydrogens (tertiary/aromatic N) is 6. The molecular formula is C23H19F3N6O2. The Morgan fingerprint density at radius 3 is 2.53 bits per heavy atom. The monoisotopic (exact) mass is 468 g/mol. The highest BCUT2D eigenvalue weighted by atomic mass is 19.3. The topological polar surface area (TPSA) is 82.1 Å². The second-order valence-corrected chi connectivity index (χ2v) is 8.43. The highest BCUT2D eigenvalue weighted by Crippen LogP contribution is 2.30. The van der Waals surface area contributed by atoms with Crippen LogP contribution in [0.2, 0.25) is 0 Å². The van der Waals surface area contributed by atoms with Gasteiger partial charge in [0.15, 0.2) is 0 Å². The zero-order chi connectivity index (χ0) is 23.2. The number of benzene rings is 2. The number of rotatable bonds is 6. The van der Waals surface area contributed by atoms with E-state index < -0.39 is 18.1 Å². The fourth-order valence-corrected chi connectivity index (χ4v) is 4.20. The van der Waals surface area contributed by atoms with Crippen molar-refractivity contribution in [1.29, 1.82) is 0 Å². The van der Waals surface area contributed by atoms with Gasteiger partial charge in [-0.05, 0) is 29.3 Å². The fraction of sp³-hybridized carbons (Fsp3) is 0.304. The van der Waals surface area contributed by atoms with Gasteiger partial charge in [-0.15, -0.1) is 15.3 Å². The van der Waals surface area contributed by atoms with Crippen LogP contribution >= 0.6 is 0 Å². The molecule has 0 radical (unpaired) electrons. The van der Waals surface area contributed by atoms with Crippen LogP contribution in [0.25, 0.3) is 22.7 Å². The summed E-state index contributed by atoms with van der Waals surface area (Å²) in [5, 5.41) is 15.2. The maximum Gasteiger partial charge on any atom is 0.314 e. The molecule has 4 aromatic rings.